The molecule has 0 aromatic carbocycles. The number of rotatable bonds is 7. The largest absolute Gasteiger partial charge is 0.377 e. The van der Waals surface area contributed by atoms with E-state index in [-0.39, 0.29) is 6.10 Å². The molecule has 1 rings (SSSR count). The maximum atomic E-state index is 5.55. The van der Waals surface area contributed by atoms with Gasteiger partial charge in [0.25, 0.3) is 0 Å². The topological polar surface area (TPSA) is 37.4 Å². The Morgan fingerprint density at radius 2 is 2.11 bits per heavy atom. The van der Waals surface area contributed by atoms with Gasteiger partial charge < -0.3 is 15.0 Å². The summed E-state index contributed by atoms with van der Waals surface area (Å²) in [6, 6.07) is 4.20. The van der Waals surface area contributed by atoms with Crippen LogP contribution in [0.25, 0.3) is 0 Å². The summed E-state index contributed by atoms with van der Waals surface area (Å²) in [6.45, 7) is 8.60. The minimum atomic E-state index is 0.283. The van der Waals surface area contributed by atoms with Crippen LogP contribution in [-0.2, 0) is 11.3 Å². The van der Waals surface area contributed by atoms with Crippen molar-refractivity contribution in [1.82, 2.24) is 10.3 Å². The molecular weight excluding hydrogens is 226 g/mol. The van der Waals surface area contributed by atoms with Crippen molar-refractivity contribution < 1.29 is 4.74 Å². The van der Waals surface area contributed by atoms with Crippen molar-refractivity contribution in [2.75, 3.05) is 32.1 Å². The van der Waals surface area contributed by atoms with Gasteiger partial charge >= 0.3 is 0 Å². The van der Waals surface area contributed by atoms with E-state index >= 15 is 0 Å². The summed E-state index contributed by atoms with van der Waals surface area (Å²) in [5.74, 6) is 1.000. The van der Waals surface area contributed by atoms with Crippen LogP contribution in [0, 0.1) is 6.92 Å². The van der Waals surface area contributed by atoms with Crippen LogP contribution in [-0.4, -0.2) is 38.3 Å². The second kappa shape index (κ2) is 7.34. The monoisotopic (exact) mass is 251 g/mol. The SMILES string of the molecule is CNCc1ccc(N(C)CCOC(C)C)nc1C. The first-order chi connectivity index (χ1) is 8.54. The van der Waals surface area contributed by atoms with Crippen LogP contribution in [0.5, 0.6) is 0 Å². The summed E-state index contributed by atoms with van der Waals surface area (Å²) in [5, 5.41) is 3.15. The highest BCUT2D eigenvalue weighted by Crippen LogP contribution is 2.13. The van der Waals surface area contributed by atoms with Gasteiger partial charge in [0, 0.05) is 25.8 Å². The first-order valence-electron chi connectivity index (χ1n) is 6.48. The number of likely N-dealkylation sites (N-methyl/N-ethyl adjacent to an activating group) is 1. The normalized spacial score (nSPS) is 11.0. The molecule has 102 valence electrons. The number of ether oxygens (including phenoxy) is 1. The molecule has 0 saturated carbocycles. The van der Waals surface area contributed by atoms with Crippen LogP contribution < -0.4 is 10.2 Å². The van der Waals surface area contributed by atoms with Crippen LogP contribution in [0.2, 0.25) is 0 Å². The number of aryl methyl sites for hydroxylation is 1. The molecule has 4 heteroatoms. The highest BCUT2D eigenvalue weighted by molar-refractivity contribution is 5.40. The molecule has 0 aliphatic rings. The average molecular weight is 251 g/mol. The number of pyridine rings is 1. The number of nitrogens with zero attached hydrogens (tertiary/aromatic N) is 2. The third kappa shape index (κ3) is 4.63. The third-order valence-electron chi connectivity index (χ3n) is 2.82. The van der Waals surface area contributed by atoms with Crippen molar-refractivity contribution in [1.29, 1.82) is 0 Å². The van der Waals surface area contributed by atoms with E-state index < -0.39 is 0 Å². The fourth-order valence-corrected chi connectivity index (χ4v) is 1.71. The molecule has 0 bridgehead atoms. The summed E-state index contributed by atoms with van der Waals surface area (Å²) >= 11 is 0. The van der Waals surface area contributed by atoms with Crippen molar-refractivity contribution in [2.45, 2.75) is 33.4 Å². The Morgan fingerprint density at radius 3 is 2.67 bits per heavy atom. The lowest BCUT2D eigenvalue weighted by Crippen LogP contribution is -2.25. The Labute approximate surface area is 110 Å². The third-order valence-corrected chi connectivity index (χ3v) is 2.82. The molecule has 1 N–H and O–H groups in total. The number of anilines is 1. The molecular formula is C14H25N3O. The Hall–Kier alpha value is -1.13. The van der Waals surface area contributed by atoms with Gasteiger partial charge in [-0.15, -0.1) is 0 Å². The van der Waals surface area contributed by atoms with Crippen molar-refractivity contribution in [3.8, 4) is 0 Å². The summed E-state index contributed by atoms with van der Waals surface area (Å²) in [4.78, 5) is 6.74. The summed E-state index contributed by atoms with van der Waals surface area (Å²) < 4.78 is 5.55. The highest BCUT2D eigenvalue weighted by atomic mass is 16.5. The first-order valence-corrected chi connectivity index (χ1v) is 6.48. The zero-order chi connectivity index (χ0) is 13.5. The summed E-state index contributed by atoms with van der Waals surface area (Å²) in [5.41, 5.74) is 2.33. The van der Waals surface area contributed by atoms with Crippen LogP contribution in [0.15, 0.2) is 12.1 Å². The predicted molar refractivity (Wildman–Crippen MR) is 76.1 cm³/mol. The number of hydrogen-bond acceptors (Lipinski definition) is 4. The molecule has 1 aromatic rings. The zero-order valence-corrected chi connectivity index (χ0v) is 12.2. The van der Waals surface area contributed by atoms with Crippen LogP contribution in [0.4, 0.5) is 5.82 Å². The second-order valence-electron chi connectivity index (χ2n) is 4.79. The summed E-state index contributed by atoms with van der Waals surface area (Å²) in [6.07, 6.45) is 0.283. The molecule has 4 nitrogen and oxygen atoms in total. The van der Waals surface area contributed by atoms with E-state index in [1.165, 1.54) is 5.56 Å². The van der Waals surface area contributed by atoms with Crippen LogP contribution in [0.1, 0.15) is 25.1 Å². The van der Waals surface area contributed by atoms with Gasteiger partial charge in [-0.1, -0.05) is 6.07 Å². The molecule has 0 aliphatic carbocycles. The van der Waals surface area contributed by atoms with Crippen LogP contribution in [0.3, 0.4) is 0 Å². The standard InChI is InChI=1S/C14H25N3O/c1-11(2)18-9-8-17(5)14-7-6-13(10-15-4)12(3)16-14/h6-7,11,15H,8-10H2,1-5H3. The van der Waals surface area contributed by atoms with Gasteiger partial charge in [-0.3, -0.25) is 0 Å². The Bertz CT molecular complexity index is 366. The lowest BCUT2D eigenvalue weighted by atomic mass is 10.2. The molecule has 0 atom stereocenters. The molecule has 0 fully saturated rings. The minimum Gasteiger partial charge on any atom is -0.377 e. The number of hydrogen-bond donors (Lipinski definition) is 1. The first kappa shape index (κ1) is 14.9. The maximum absolute atomic E-state index is 5.55. The van der Waals surface area contributed by atoms with Gasteiger partial charge in [0.05, 0.1) is 12.7 Å². The van der Waals surface area contributed by atoms with Crippen LogP contribution >= 0.6 is 0 Å². The number of nitrogens with one attached hydrogen (secondary N) is 1. The fourth-order valence-electron chi connectivity index (χ4n) is 1.71. The van der Waals surface area contributed by atoms with E-state index in [9.17, 15) is 0 Å². The Morgan fingerprint density at radius 1 is 1.39 bits per heavy atom. The molecule has 18 heavy (non-hydrogen) atoms. The average Bonchev–Trinajstić information content (AvgIpc) is 2.31. The van der Waals surface area contributed by atoms with Crippen molar-refractivity contribution in [3.05, 3.63) is 23.4 Å². The highest BCUT2D eigenvalue weighted by Gasteiger charge is 2.06. The van der Waals surface area contributed by atoms with Crippen molar-refractivity contribution in [3.63, 3.8) is 0 Å². The molecule has 0 unspecified atom stereocenters. The Kier molecular flexibility index (Phi) is 6.09. The number of aromatic nitrogens is 1. The molecule has 0 saturated heterocycles. The molecule has 1 aromatic heterocycles. The molecule has 1 heterocycles. The van der Waals surface area contributed by atoms with E-state index in [1.807, 2.05) is 14.1 Å². The van der Waals surface area contributed by atoms with Gasteiger partial charge in [-0.2, -0.15) is 0 Å². The second-order valence-corrected chi connectivity index (χ2v) is 4.79. The summed E-state index contributed by atoms with van der Waals surface area (Å²) in [7, 11) is 3.99. The minimum absolute atomic E-state index is 0.283. The van der Waals surface area contributed by atoms with Gasteiger partial charge in [0.15, 0.2) is 0 Å². The van der Waals surface area contributed by atoms with E-state index in [0.29, 0.717) is 0 Å². The quantitative estimate of drug-likeness (QED) is 0.804. The van der Waals surface area contributed by atoms with E-state index in [1.54, 1.807) is 0 Å². The van der Waals surface area contributed by atoms with Gasteiger partial charge in [-0.25, -0.2) is 4.98 Å². The van der Waals surface area contributed by atoms with E-state index in [4.69, 9.17) is 4.74 Å². The van der Waals surface area contributed by atoms with Gasteiger partial charge in [0.1, 0.15) is 5.82 Å². The van der Waals surface area contributed by atoms with Crippen molar-refractivity contribution >= 4 is 5.82 Å². The predicted octanol–water partition coefficient (Wildman–Crippen LogP) is 1.97. The van der Waals surface area contributed by atoms with Gasteiger partial charge in [-0.05, 0) is 39.4 Å². The van der Waals surface area contributed by atoms with E-state index in [0.717, 1.165) is 31.2 Å². The van der Waals surface area contributed by atoms with E-state index in [2.05, 4.69) is 48.1 Å². The smallest absolute Gasteiger partial charge is 0.128 e. The van der Waals surface area contributed by atoms with Crippen molar-refractivity contribution in [2.24, 2.45) is 0 Å². The molecule has 0 spiro atoms. The Balaban J connectivity index is 2.57. The van der Waals surface area contributed by atoms with Gasteiger partial charge in [0.2, 0.25) is 0 Å². The molecule has 0 aliphatic heterocycles. The molecule has 0 amide bonds. The lowest BCUT2D eigenvalue weighted by molar-refractivity contribution is 0.0845. The molecule has 0 radical (unpaired) electrons. The maximum Gasteiger partial charge on any atom is 0.128 e. The lowest BCUT2D eigenvalue weighted by Gasteiger charge is -2.20. The fraction of sp³-hybridized carbons (Fsp3) is 0.643. The zero-order valence-electron chi connectivity index (χ0n) is 12.2.